The molecule has 0 aliphatic carbocycles. The Balaban J connectivity index is 0.00000216. The van der Waals surface area contributed by atoms with Crippen LogP contribution >= 0.6 is 0 Å². The highest BCUT2D eigenvalue weighted by Gasteiger charge is 2.18. The Bertz CT molecular complexity index is 1480. The van der Waals surface area contributed by atoms with Crippen molar-refractivity contribution in [2.45, 2.75) is 13.8 Å². The van der Waals surface area contributed by atoms with Crippen LogP contribution in [0.25, 0.3) is 22.3 Å². The molecule has 0 saturated carbocycles. The van der Waals surface area contributed by atoms with E-state index in [1.54, 1.807) is 19.4 Å². The van der Waals surface area contributed by atoms with Gasteiger partial charge in [0.15, 0.2) is 5.82 Å². The molecule has 0 radical (unpaired) electrons. The Hall–Kier alpha value is -4.51. The molecule has 1 aromatic carbocycles. The zero-order valence-corrected chi connectivity index (χ0v) is 24.1. The molecule has 0 spiro atoms. The van der Waals surface area contributed by atoms with E-state index in [1.807, 2.05) is 75.9 Å². The quantitative estimate of drug-likeness (QED) is 0.265. The molecule has 4 aromatic rings. The Morgan fingerprint density at radius 1 is 1.12 bits per heavy atom. The van der Waals surface area contributed by atoms with Crippen LogP contribution in [0.4, 0.5) is 27.4 Å². The summed E-state index contributed by atoms with van der Waals surface area (Å²) in [5.41, 5.74) is 3.21. The number of carbonyl (C=O) groups is 1. The maximum Gasteiger partial charge on any atom is 0.247 e. The summed E-state index contributed by atoms with van der Waals surface area (Å²) in [7, 11) is 9.36. The third-order valence-corrected chi connectivity index (χ3v) is 6.03. The third-order valence-electron chi connectivity index (χ3n) is 6.03. The van der Waals surface area contributed by atoms with E-state index in [0.29, 0.717) is 29.2 Å². The molecule has 3 heterocycles. The molecule has 40 heavy (non-hydrogen) atoms. The average molecular weight is 549 g/mol. The van der Waals surface area contributed by atoms with E-state index in [0.717, 1.165) is 29.5 Å². The van der Waals surface area contributed by atoms with Crippen molar-refractivity contribution < 1.29 is 13.9 Å². The number of ether oxygens (including phenoxy) is 1. The lowest BCUT2D eigenvalue weighted by Gasteiger charge is -2.26. The lowest BCUT2D eigenvalue weighted by atomic mass is 10.1. The van der Waals surface area contributed by atoms with Gasteiger partial charge in [0.1, 0.15) is 17.1 Å². The van der Waals surface area contributed by atoms with E-state index in [9.17, 15) is 9.18 Å². The standard InChI is InChI=1S/C27H31FN8O2.C2H6/c1-7-24(37)31-20-13-21(23(38-6)14-22(20)35(4)11-10-34(2)3)32-27-30-16-19(28)25(33-27)18-12-17-8-9-36(5)26(17)29-15-18;1-2/h7-9,12-16H,1,10-11H2,2-6H3,(H,31,37)(H,30,32,33);1-2H3. The number of aromatic nitrogens is 4. The molecule has 0 saturated heterocycles. The van der Waals surface area contributed by atoms with Crippen LogP contribution in [-0.2, 0) is 11.8 Å². The predicted molar refractivity (Wildman–Crippen MR) is 160 cm³/mol. The summed E-state index contributed by atoms with van der Waals surface area (Å²) in [6.45, 7) is 9.07. The molecular weight excluding hydrogens is 511 g/mol. The van der Waals surface area contributed by atoms with Crippen molar-refractivity contribution in [3.8, 4) is 17.0 Å². The number of anilines is 4. The fourth-order valence-electron chi connectivity index (χ4n) is 3.94. The summed E-state index contributed by atoms with van der Waals surface area (Å²) in [6, 6.07) is 7.28. The fourth-order valence-corrected chi connectivity index (χ4v) is 3.94. The van der Waals surface area contributed by atoms with Crippen LogP contribution in [0.2, 0.25) is 0 Å². The number of likely N-dealkylation sites (N-methyl/N-ethyl adjacent to an activating group) is 2. The number of fused-ring (bicyclic) bond motifs is 1. The van der Waals surface area contributed by atoms with Gasteiger partial charge in [-0.25, -0.2) is 19.3 Å². The number of benzene rings is 1. The van der Waals surface area contributed by atoms with Crippen LogP contribution < -0.4 is 20.3 Å². The van der Waals surface area contributed by atoms with Gasteiger partial charge in [0.25, 0.3) is 0 Å². The maximum atomic E-state index is 14.8. The highest BCUT2D eigenvalue weighted by atomic mass is 19.1. The normalized spacial score (nSPS) is 10.6. The second kappa shape index (κ2) is 13.5. The minimum Gasteiger partial charge on any atom is -0.494 e. The van der Waals surface area contributed by atoms with E-state index < -0.39 is 5.82 Å². The molecule has 2 N–H and O–H groups in total. The van der Waals surface area contributed by atoms with Gasteiger partial charge in [-0.1, -0.05) is 20.4 Å². The number of nitrogens with one attached hydrogen (secondary N) is 2. The van der Waals surface area contributed by atoms with Gasteiger partial charge in [-0.2, -0.15) is 0 Å². The summed E-state index contributed by atoms with van der Waals surface area (Å²) in [5, 5.41) is 6.83. The first-order chi connectivity index (χ1) is 19.2. The summed E-state index contributed by atoms with van der Waals surface area (Å²) in [5.74, 6) is -0.276. The number of methoxy groups -OCH3 is 1. The van der Waals surface area contributed by atoms with Crippen LogP contribution in [0.5, 0.6) is 5.75 Å². The van der Waals surface area contributed by atoms with Gasteiger partial charge in [0, 0.05) is 56.6 Å². The number of pyridine rings is 1. The molecule has 1 amide bonds. The first-order valence-corrected chi connectivity index (χ1v) is 12.9. The molecule has 0 fully saturated rings. The van der Waals surface area contributed by atoms with Crippen molar-refractivity contribution >= 4 is 40.0 Å². The Labute approximate surface area is 234 Å². The van der Waals surface area contributed by atoms with Crippen molar-refractivity contribution in [3.05, 3.63) is 61.3 Å². The number of amides is 1. The summed E-state index contributed by atoms with van der Waals surface area (Å²) < 4.78 is 22.3. The minimum atomic E-state index is -0.573. The second-order valence-electron chi connectivity index (χ2n) is 9.07. The molecular formula is C29H37FN8O2. The third kappa shape index (κ3) is 6.92. The zero-order valence-electron chi connectivity index (χ0n) is 24.1. The van der Waals surface area contributed by atoms with E-state index in [4.69, 9.17) is 4.74 Å². The molecule has 0 bridgehead atoms. The number of aryl methyl sites for hydroxylation is 1. The van der Waals surface area contributed by atoms with Gasteiger partial charge in [0.2, 0.25) is 11.9 Å². The number of carbonyl (C=O) groups excluding carboxylic acids is 1. The Morgan fingerprint density at radius 2 is 1.88 bits per heavy atom. The van der Waals surface area contributed by atoms with E-state index in [1.165, 1.54) is 6.08 Å². The van der Waals surface area contributed by atoms with Crippen molar-refractivity contribution in [1.29, 1.82) is 0 Å². The highest BCUT2D eigenvalue weighted by Crippen LogP contribution is 2.38. The van der Waals surface area contributed by atoms with Gasteiger partial charge in [-0.3, -0.25) is 4.79 Å². The van der Waals surface area contributed by atoms with Crippen molar-refractivity contribution in [2.24, 2.45) is 7.05 Å². The van der Waals surface area contributed by atoms with Crippen molar-refractivity contribution in [1.82, 2.24) is 24.4 Å². The second-order valence-corrected chi connectivity index (χ2v) is 9.07. The molecule has 0 unspecified atom stereocenters. The van der Waals surface area contributed by atoms with Crippen LogP contribution in [0.1, 0.15) is 13.8 Å². The van der Waals surface area contributed by atoms with E-state index in [2.05, 4.69) is 37.1 Å². The summed E-state index contributed by atoms with van der Waals surface area (Å²) in [6.07, 6.45) is 5.78. The average Bonchev–Trinajstić information content (AvgIpc) is 3.33. The zero-order chi connectivity index (χ0) is 29.4. The van der Waals surface area contributed by atoms with Crippen molar-refractivity contribution in [3.63, 3.8) is 0 Å². The topological polar surface area (TPSA) is 100 Å². The lowest BCUT2D eigenvalue weighted by molar-refractivity contribution is -0.111. The Morgan fingerprint density at radius 3 is 2.55 bits per heavy atom. The van der Waals surface area contributed by atoms with Crippen LogP contribution in [0.15, 0.2) is 55.5 Å². The monoisotopic (exact) mass is 548 g/mol. The molecule has 11 heteroatoms. The van der Waals surface area contributed by atoms with Gasteiger partial charge in [-0.15, -0.1) is 0 Å². The van der Waals surface area contributed by atoms with Crippen LogP contribution in [0, 0.1) is 5.82 Å². The highest BCUT2D eigenvalue weighted by molar-refractivity contribution is 6.02. The van der Waals surface area contributed by atoms with Gasteiger partial charge in [-0.05, 0) is 38.4 Å². The number of hydrogen-bond acceptors (Lipinski definition) is 8. The number of halogens is 1. The fraction of sp³-hybridized carbons (Fsp3) is 0.310. The largest absolute Gasteiger partial charge is 0.494 e. The SMILES string of the molecule is C=CC(=O)Nc1cc(Nc2ncc(F)c(-c3cnc4c(ccn4C)c3)n2)c(OC)cc1N(C)CCN(C)C.CC. The number of nitrogens with zero attached hydrogens (tertiary/aromatic N) is 6. The van der Waals surface area contributed by atoms with Crippen LogP contribution in [-0.4, -0.2) is 71.7 Å². The van der Waals surface area contributed by atoms with Gasteiger partial charge in [0.05, 0.1) is 30.4 Å². The van der Waals surface area contributed by atoms with Gasteiger partial charge >= 0.3 is 0 Å². The van der Waals surface area contributed by atoms with E-state index >= 15 is 0 Å². The molecule has 4 rings (SSSR count). The van der Waals surface area contributed by atoms with Crippen LogP contribution in [0.3, 0.4) is 0 Å². The predicted octanol–water partition coefficient (Wildman–Crippen LogP) is 5.07. The minimum absolute atomic E-state index is 0.111. The maximum absolute atomic E-state index is 14.8. The number of hydrogen-bond donors (Lipinski definition) is 2. The first-order valence-electron chi connectivity index (χ1n) is 12.9. The first kappa shape index (κ1) is 30.0. The van der Waals surface area contributed by atoms with Gasteiger partial charge < -0.3 is 29.7 Å². The molecule has 0 aliphatic heterocycles. The Kier molecular flexibility index (Phi) is 10.2. The summed E-state index contributed by atoms with van der Waals surface area (Å²) in [4.78, 5) is 29.3. The lowest BCUT2D eigenvalue weighted by Crippen LogP contribution is -2.29. The molecule has 10 nitrogen and oxygen atoms in total. The molecule has 0 aliphatic rings. The van der Waals surface area contributed by atoms with Crippen molar-refractivity contribution in [2.75, 3.05) is 56.9 Å². The molecule has 212 valence electrons. The smallest absolute Gasteiger partial charge is 0.247 e. The number of rotatable bonds is 10. The summed E-state index contributed by atoms with van der Waals surface area (Å²) >= 11 is 0. The van der Waals surface area contributed by atoms with E-state index in [-0.39, 0.29) is 17.5 Å². The molecule has 3 aromatic heterocycles. The molecule has 0 atom stereocenters.